The molecule has 1 aromatic carbocycles. The Morgan fingerprint density at radius 3 is 2.67 bits per heavy atom. The normalized spacial score (nSPS) is 10.3. The predicted molar refractivity (Wildman–Crippen MR) is 58.7 cm³/mol. The fourth-order valence-electron chi connectivity index (χ4n) is 1.16. The topological polar surface area (TPSA) is 35.2 Å². The third-order valence-corrected chi connectivity index (χ3v) is 2.87. The van der Waals surface area contributed by atoms with Crippen LogP contribution in [0.4, 0.5) is 4.39 Å². The van der Waals surface area contributed by atoms with Crippen molar-refractivity contribution in [3.05, 3.63) is 47.1 Å². The number of nitrogens with two attached hydrogens (primary N) is 1. The Hall–Kier alpha value is -1.39. The van der Waals surface area contributed by atoms with Crippen LogP contribution < -0.4 is 10.5 Å². The zero-order valence-corrected chi connectivity index (χ0v) is 8.76. The summed E-state index contributed by atoms with van der Waals surface area (Å²) in [6.07, 6.45) is 0. The van der Waals surface area contributed by atoms with Crippen molar-refractivity contribution in [1.29, 1.82) is 0 Å². The molecule has 15 heavy (non-hydrogen) atoms. The molecule has 0 bridgehead atoms. The van der Waals surface area contributed by atoms with Crippen molar-refractivity contribution in [1.82, 2.24) is 0 Å². The van der Waals surface area contributed by atoms with Gasteiger partial charge in [-0.1, -0.05) is 12.1 Å². The number of hydrogen-bond acceptors (Lipinski definition) is 3. The second-order valence-electron chi connectivity index (χ2n) is 2.96. The zero-order valence-electron chi connectivity index (χ0n) is 7.94. The molecule has 4 heteroatoms. The Morgan fingerprint density at radius 1 is 1.20 bits per heavy atom. The molecule has 0 saturated carbocycles. The van der Waals surface area contributed by atoms with Crippen LogP contribution in [0.3, 0.4) is 0 Å². The monoisotopic (exact) mass is 223 g/mol. The van der Waals surface area contributed by atoms with E-state index in [1.807, 2.05) is 6.07 Å². The molecule has 78 valence electrons. The summed E-state index contributed by atoms with van der Waals surface area (Å²) in [5.41, 5.74) is 5.47. The summed E-state index contributed by atoms with van der Waals surface area (Å²) in [6, 6.07) is 9.99. The van der Waals surface area contributed by atoms with Crippen molar-refractivity contribution >= 4 is 11.3 Å². The van der Waals surface area contributed by atoms with E-state index in [1.165, 1.54) is 17.4 Å². The highest BCUT2D eigenvalue weighted by Crippen LogP contribution is 2.30. The van der Waals surface area contributed by atoms with Crippen molar-refractivity contribution in [3.8, 4) is 10.8 Å². The molecule has 0 radical (unpaired) electrons. The van der Waals surface area contributed by atoms with Gasteiger partial charge in [0.15, 0.2) is 16.6 Å². The van der Waals surface area contributed by atoms with Crippen LogP contribution in [0.15, 0.2) is 36.4 Å². The molecule has 1 aromatic heterocycles. The molecule has 0 fully saturated rings. The fourth-order valence-corrected chi connectivity index (χ4v) is 1.90. The molecule has 1 heterocycles. The van der Waals surface area contributed by atoms with Gasteiger partial charge in [-0.2, -0.15) is 0 Å². The molecular weight excluding hydrogens is 213 g/mol. The average Bonchev–Trinajstić information content (AvgIpc) is 2.69. The summed E-state index contributed by atoms with van der Waals surface area (Å²) in [5, 5.41) is 0.653. The lowest BCUT2D eigenvalue weighted by Crippen LogP contribution is -1.91. The van der Waals surface area contributed by atoms with Crippen LogP contribution in [0.25, 0.3) is 0 Å². The van der Waals surface area contributed by atoms with Crippen LogP contribution in [0, 0.1) is 5.82 Å². The van der Waals surface area contributed by atoms with Crippen molar-refractivity contribution in [2.75, 3.05) is 0 Å². The minimum Gasteiger partial charge on any atom is -0.444 e. The molecule has 0 saturated heterocycles. The Morgan fingerprint density at radius 2 is 2.00 bits per heavy atom. The number of halogens is 1. The highest BCUT2D eigenvalue weighted by Gasteiger charge is 2.05. The molecule has 0 unspecified atom stereocenters. The lowest BCUT2D eigenvalue weighted by molar-refractivity contribution is 0.452. The molecule has 2 aromatic rings. The maximum Gasteiger partial charge on any atom is 0.181 e. The smallest absolute Gasteiger partial charge is 0.181 e. The second kappa shape index (κ2) is 4.42. The van der Waals surface area contributed by atoms with Gasteiger partial charge >= 0.3 is 0 Å². The maximum atomic E-state index is 13.2. The molecule has 2 rings (SSSR count). The van der Waals surface area contributed by atoms with Crippen LogP contribution >= 0.6 is 11.3 Å². The number of hydrogen-bond donors (Lipinski definition) is 1. The van der Waals surface area contributed by atoms with Crippen LogP contribution in [-0.2, 0) is 6.54 Å². The Bertz CT molecular complexity index is 455. The van der Waals surface area contributed by atoms with E-state index >= 15 is 0 Å². The fraction of sp³-hybridized carbons (Fsp3) is 0.0909. The first kappa shape index (κ1) is 10.1. The van der Waals surface area contributed by atoms with Crippen LogP contribution in [0.1, 0.15) is 4.88 Å². The summed E-state index contributed by atoms with van der Waals surface area (Å²) >= 11 is 1.42. The molecule has 0 aliphatic carbocycles. The summed E-state index contributed by atoms with van der Waals surface area (Å²) < 4.78 is 18.6. The van der Waals surface area contributed by atoms with Gasteiger partial charge in [-0.3, -0.25) is 0 Å². The van der Waals surface area contributed by atoms with E-state index in [0.29, 0.717) is 11.6 Å². The third kappa shape index (κ3) is 2.34. The zero-order chi connectivity index (χ0) is 10.7. The van der Waals surface area contributed by atoms with E-state index in [0.717, 1.165) is 4.88 Å². The first-order valence-corrected chi connectivity index (χ1v) is 5.32. The van der Waals surface area contributed by atoms with Crippen molar-refractivity contribution in [3.63, 3.8) is 0 Å². The first-order valence-electron chi connectivity index (χ1n) is 4.51. The van der Waals surface area contributed by atoms with Crippen molar-refractivity contribution in [2.45, 2.75) is 6.54 Å². The summed E-state index contributed by atoms with van der Waals surface area (Å²) in [6.45, 7) is 0.477. The Labute approximate surface area is 91.1 Å². The minimum atomic E-state index is -0.361. The van der Waals surface area contributed by atoms with E-state index in [9.17, 15) is 4.39 Å². The molecule has 0 spiro atoms. The SMILES string of the molecule is NCc1ccc(Oc2ccccc2F)s1. The standard InChI is InChI=1S/C11H10FNOS/c12-9-3-1-2-4-10(9)14-11-6-5-8(7-13)15-11/h1-6H,7,13H2. The number of benzene rings is 1. The van der Waals surface area contributed by atoms with Gasteiger partial charge in [0.25, 0.3) is 0 Å². The lowest BCUT2D eigenvalue weighted by Gasteiger charge is -2.02. The van der Waals surface area contributed by atoms with E-state index in [1.54, 1.807) is 24.3 Å². The first-order chi connectivity index (χ1) is 7.29. The molecule has 0 aliphatic rings. The number of ether oxygens (including phenoxy) is 1. The van der Waals surface area contributed by atoms with Crippen molar-refractivity contribution < 1.29 is 9.13 Å². The largest absolute Gasteiger partial charge is 0.444 e. The van der Waals surface area contributed by atoms with Crippen molar-refractivity contribution in [2.24, 2.45) is 5.73 Å². The van der Waals surface area contributed by atoms with E-state index < -0.39 is 0 Å². The molecule has 2 nitrogen and oxygen atoms in total. The van der Waals surface area contributed by atoms with Gasteiger partial charge in [-0.05, 0) is 24.3 Å². The summed E-state index contributed by atoms with van der Waals surface area (Å²) in [7, 11) is 0. The number of thiophene rings is 1. The van der Waals surface area contributed by atoms with Crippen LogP contribution in [0.2, 0.25) is 0 Å². The Kier molecular flexibility index (Phi) is 2.99. The molecule has 0 amide bonds. The third-order valence-electron chi connectivity index (χ3n) is 1.89. The molecule has 0 atom stereocenters. The van der Waals surface area contributed by atoms with E-state index in [-0.39, 0.29) is 11.6 Å². The minimum absolute atomic E-state index is 0.239. The highest BCUT2D eigenvalue weighted by atomic mass is 32.1. The number of rotatable bonds is 3. The van der Waals surface area contributed by atoms with Gasteiger partial charge in [-0.25, -0.2) is 4.39 Å². The lowest BCUT2D eigenvalue weighted by atomic mass is 10.3. The van der Waals surface area contributed by atoms with Gasteiger partial charge < -0.3 is 10.5 Å². The Balaban J connectivity index is 2.18. The molecular formula is C11H10FNOS. The van der Waals surface area contributed by atoms with Gasteiger partial charge in [0, 0.05) is 11.4 Å². The van der Waals surface area contributed by atoms with Gasteiger partial charge in [0.1, 0.15) is 0 Å². The summed E-state index contributed by atoms with van der Waals surface area (Å²) in [5.74, 6) is -0.122. The van der Waals surface area contributed by atoms with Gasteiger partial charge in [0.2, 0.25) is 0 Å². The molecule has 2 N–H and O–H groups in total. The summed E-state index contributed by atoms with van der Waals surface area (Å²) in [4.78, 5) is 1.02. The highest BCUT2D eigenvalue weighted by molar-refractivity contribution is 7.13. The van der Waals surface area contributed by atoms with Gasteiger partial charge in [0.05, 0.1) is 0 Å². The van der Waals surface area contributed by atoms with Gasteiger partial charge in [-0.15, -0.1) is 11.3 Å². The predicted octanol–water partition coefficient (Wildman–Crippen LogP) is 3.14. The van der Waals surface area contributed by atoms with Crippen LogP contribution in [0.5, 0.6) is 10.8 Å². The molecule has 0 aliphatic heterocycles. The maximum absolute atomic E-state index is 13.2. The average molecular weight is 223 g/mol. The van der Waals surface area contributed by atoms with E-state index in [4.69, 9.17) is 10.5 Å². The quantitative estimate of drug-likeness (QED) is 0.867. The van der Waals surface area contributed by atoms with E-state index in [2.05, 4.69) is 0 Å². The van der Waals surface area contributed by atoms with Crippen LogP contribution in [-0.4, -0.2) is 0 Å². The number of para-hydroxylation sites is 1. The second-order valence-corrected chi connectivity index (χ2v) is 4.09.